The van der Waals surface area contributed by atoms with Crippen LogP contribution in [0.25, 0.3) is 10.9 Å². The zero-order chi connectivity index (χ0) is 12.6. The van der Waals surface area contributed by atoms with E-state index in [1.165, 1.54) is 18.2 Å². The lowest BCUT2D eigenvalue weighted by Gasteiger charge is -2.10. The van der Waals surface area contributed by atoms with Crippen LogP contribution in [0.5, 0.6) is 0 Å². The lowest BCUT2D eigenvalue weighted by Crippen LogP contribution is -2.14. The number of benzene rings is 1. The number of nitrogen functional groups attached to an aromatic ring is 1. The third kappa shape index (κ3) is 2.09. The highest BCUT2D eigenvalue weighted by molar-refractivity contribution is 5.85. The van der Waals surface area contributed by atoms with Crippen LogP contribution in [-0.2, 0) is 6.18 Å². The number of halogens is 3. The van der Waals surface area contributed by atoms with Crippen molar-refractivity contribution in [1.82, 2.24) is 4.98 Å². The van der Waals surface area contributed by atoms with Crippen LogP contribution in [-0.4, -0.2) is 4.98 Å². The van der Waals surface area contributed by atoms with Crippen molar-refractivity contribution in [3.05, 3.63) is 40.2 Å². The summed E-state index contributed by atoms with van der Waals surface area (Å²) in [5, 5.41) is -0.104. The number of alkyl halides is 3. The number of rotatable bonds is 1. The van der Waals surface area contributed by atoms with E-state index in [9.17, 15) is 18.0 Å². The third-order valence-electron chi connectivity index (χ3n) is 2.32. The van der Waals surface area contributed by atoms with Crippen LogP contribution < -0.4 is 16.8 Å². The smallest absolute Gasteiger partial charge is 0.324 e. The molecule has 17 heavy (non-hydrogen) atoms. The molecule has 0 bridgehead atoms. The number of nitrogens with one attached hydrogen (secondary N) is 2. The fourth-order valence-corrected chi connectivity index (χ4v) is 1.58. The number of hydrogen-bond acceptors (Lipinski definition) is 3. The maximum absolute atomic E-state index is 12.7. The van der Waals surface area contributed by atoms with Gasteiger partial charge in [0.25, 0.3) is 0 Å². The van der Waals surface area contributed by atoms with Gasteiger partial charge in [-0.25, -0.2) is 0 Å². The van der Waals surface area contributed by atoms with Gasteiger partial charge in [0.1, 0.15) is 0 Å². The van der Waals surface area contributed by atoms with Gasteiger partial charge in [-0.2, -0.15) is 13.2 Å². The van der Waals surface area contributed by atoms with Crippen molar-refractivity contribution in [2.45, 2.75) is 6.18 Å². The first kappa shape index (κ1) is 11.5. The van der Waals surface area contributed by atoms with Crippen LogP contribution >= 0.6 is 0 Å². The van der Waals surface area contributed by atoms with Crippen molar-refractivity contribution in [1.29, 1.82) is 0 Å². The van der Waals surface area contributed by atoms with E-state index < -0.39 is 17.3 Å². The molecule has 0 unspecified atom stereocenters. The van der Waals surface area contributed by atoms with E-state index in [0.717, 1.165) is 0 Å². The highest BCUT2D eigenvalue weighted by Crippen LogP contribution is 2.33. The molecule has 90 valence electrons. The van der Waals surface area contributed by atoms with Crippen LogP contribution in [0.15, 0.2) is 29.1 Å². The van der Waals surface area contributed by atoms with Gasteiger partial charge in [0.15, 0.2) is 0 Å². The van der Waals surface area contributed by atoms with E-state index >= 15 is 0 Å². The van der Waals surface area contributed by atoms with Gasteiger partial charge >= 0.3 is 6.18 Å². The Morgan fingerprint density at radius 3 is 2.53 bits per heavy atom. The lowest BCUT2D eigenvalue weighted by atomic mass is 10.1. The molecular weight excluding hydrogens is 235 g/mol. The minimum absolute atomic E-state index is 0.104. The second-order valence-electron chi connectivity index (χ2n) is 3.45. The number of nitrogens with two attached hydrogens (primary N) is 1. The zero-order valence-corrected chi connectivity index (χ0v) is 8.43. The average Bonchev–Trinajstić information content (AvgIpc) is 2.26. The van der Waals surface area contributed by atoms with Gasteiger partial charge in [0.05, 0.1) is 5.56 Å². The summed E-state index contributed by atoms with van der Waals surface area (Å²) >= 11 is 0. The molecule has 0 aliphatic rings. The molecule has 2 aromatic rings. The van der Waals surface area contributed by atoms with Crippen molar-refractivity contribution in [2.75, 3.05) is 5.43 Å². The molecule has 0 amide bonds. The molecule has 2 rings (SSSR count). The Morgan fingerprint density at radius 1 is 1.24 bits per heavy atom. The molecule has 1 heterocycles. The number of hydrogen-bond donors (Lipinski definition) is 3. The van der Waals surface area contributed by atoms with E-state index in [4.69, 9.17) is 5.84 Å². The first-order valence-corrected chi connectivity index (χ1v) is 4.63. The van der Waals surface area contributed by atoms with Crippen LogP contribution in [0.4, 0.5) is 18.9 Å². The number of anilines is 1. The SMILES string of the molecule is NNc1ccc2[nH]c(=O)cc(C(F)(F)F)c2c1. The zero-order valence-electron chi connectivity index (χ0n) is 8.43. The van der Waals surface area contributed by atoms with Crippen molar-refractivity contribution in [3.63, 3.8) is 0 Å². The quantitative estimate of drug-likeness (QED) is 0.528. The average molecular weight is 243 g/mol. The molecular formula is C10H8F3N3O. The molecule has 0 saturated carbocycles. The van der Waals surface area contributed by atoms with Gasteiger partial charge in [-0.1, -0.05) is 0 Å². The second kappa shape index (κ2) is 3.77. The molecule has 1 aromatic carbocycles. The molecule has 0 fully saturated rings. The minimum atomic E-state index is -4.58. The standard InChI is InChI=1S/C10H8F3N3O/c11-10(12,13)7-4-9(17)15-8-2-1-5(16-14)3-6(7)8/h1-4,16H,14H2,(H,15,17). The largest absolute Gasteiger partial charge is 0.417 e. The van der Waals surface area contributed by atoms with E-state index in [-0.39, 0.29) is 10.9 Å². The molecule has 7 heteroatoms. The number of aromatic nitrogens is 1. The van der Waals surface area contributed by atoms with E-state index in [1.807, 2.05) is 0 Å². The molecule has 4 nitrogen and oxygen atoms in total. The Hall–Kier alpha value is -2.02. The maximum Gasteiger partial charge on any atom is 0.417 e. The summed E-state index contributed by atoms with van der Waals surface area (Å²) in [7, 11) is 0. The number of pyridine rings is 1. The van der Waals surface area contributed by atoms with Crippen LogP contribution in [0.2, 0.25) is 0 Å². The maximum atomic E-state index is 12.7. The van der Waals surface area contributed by atoms with Gasteiger partial charge < -0.3 is 10.4 Å². The van der Waals surface area contributed by atoms with Gasteiger partial charge in [-0.3, -0.25) is 10.6 Å². The Bertz CT molecular complexity index is 618. The molecule has 0 radical (unpaired) electrons. The number of aromatic amines is 1. The number of H-pyrrole nitrogens is 1. The predicted octanol–water partition coefficient (Wildman–Crippen LogP) is 1.83. The van der Waals surface area contributed by atoms with Gasteiger partial charge in [-0.05, 0) is 18.2 Å². The minimum Gasteiger partial charge on any atom is -0.324 e. The Labute approximate surface area is 93.2 Å². The summed E-state index contributed by atoms with van der Waals surface area (Å²) in [4.78, 5) is 13.4. The Kier molecular flexibility index (Phi) is 2.55. The third-order valence-corrected chi connectivity index (χ3v) is 2.32. The lowest BCUT2D eigenvalue weighted by molar-refractivity contribution is -0.136. The highest BCUT2D eigenvalue weighted by atomic mass is 19.4. The first-order valence-electron chi connectivity index (χ1n) is 4.63. The predicted molar refractivity (Wildman–Crippen MR) is 57.4 cm³/mol. The molecule has 4 N–H and O–H groups in total. The van der Waals surface area contributed by atoms with Crippen molar-refractivity contribution < 1.29 is 13.2 Å². The monoisotopic (exact) mass is 243 g/mol. The molecule has 0 aliphatic carbocycles. The first-order chi connectivity index (χ1) is 7.91. The van der Waals surface area contributed by atoms with Crippen LogP contribution in [0.1, 0.15) is 5.56 Å². The van der Waals surface area contributed by atoms with Gasteiger partial charge in [0, 0.05) is 22.7 Å². The molecule has 0 saturated heterocycles. The van der Waals surface area contributed by atoms with E-state index in [2.05, 4.69) is 10.4 Å². The summed E-state index contributed by atoms with van der Waals surface area (Å²) in [6.07, 6.45) is -4.58. The second-order valence-corrected chi connectivity index (χ2v) is 3.45. The Balaban J connectivity index is 2.85. The van der Waals surface area contributed by atoms with Crippen LogP contribution in [0.3, 0.4) is 0 Å². The fourth-order valence-electron chi connectivity index (χ4n) is 1.58. The topological polar surface area (TPSA) is 70.9 Å². The summed E-state index contributed by atoms with van der Waals surface area (Å²) in [5.74, 6) is 5.13. The summed E-state index contributed by atoms with van der Waals surface area (Å²) in [5.41, 5.74) is 0.925. The number of hydrazine groups is 1. The number of fused-ring (bicyclic) bond motifs is 1. The van der Waals surface area contributed by atoms with Gasteiger partial charge in [0.2, 0.25) is 5.56 Å². The molecule has 0 spiro atoms. The van der Waals surface area contributed by atoms with Crippen molar-refractivity contribution >= 4 is 16.6 Å². The van der Waals surface area contributed by atoms with Crippen LogP contribution in [0, 0.1) is 0 Å². The summed E-state index contributed by atoms with van der Waals surface area (Å²) in [6, 6.07) is 4.59. The van der Waals surface area contributed by atoms with Crippen molar-refractivity contribution in [3.8, 4) is 0 Å². The van der Waals surface area contributed by atoms with E-state index in [0.29, 0.717) is 11.8 Å². The Morgan fingerprint density at radius 2 is 1.94 bits per heavy atom. The highest BCUT2D eigenvalue weighted by Gasteiger charge is 2.33. The normalized spacial score (nSPS) is 11.8. The van der Waals surface area contributed by atoms with Gasteiger partial charge in [-0.15, -0.1) is 0 Å². The summed E-state index contributed by atoms with van der Waals surface area (Å²) in [6.45, 7) is 0. The van der Waals surface area contributed by atoms with E-state index in [1.54, 1.807) is 0 Å². The molecule has 0 atom stereocenters. The summed E-state index contributed by atoms with van der Waals surface area (Å²) < 4.78 is 38.2. The molecule has 0 aliphatic heterocycles. The fraction of sp³-hybridized carbons (Fsp3) is 0.100. The van der Waals surface area contributed by atoms with Crippen molar-refractivity contribution in [2.24, 2.45) is 5.84 Å². The molecule has 1 aromatic heterocycles.